The number of unbranched alkanes of at least 4 members (excludes halogenated alkanes) is 1. The number of anilines is 1. The Morgan fingerprint density at radius 2 is 1.72 bits per heavy atom. The topological polar surface area (TPSA) is 46.3 Å². The number of aryl methyl sites for hydroxylation is 1. The summed E-state index contributed by atoms with van der Waals surface area (Å²) >= 11 is 0. The number of amides is 1. The standard InChI is InChI=1S/C21H28N2O.ClH/c1-3-4-16-23(17(2)18-10-6-5-7-11-18)21(24)15-14-19-12-8-9-13-20(19)22;/h5-13,17H,3-4,14-16,22H2,1-2H3;1H. The first-order chi connectivity index (χ1) is 11.6. The number of halogens is 1. The van der Waals surface area contributed by atoms with Crippen molar-refractivity contribution in [3.05, 3.63) is 65.7 Å². The quantitative estimate of drug-likeness (QED) is 0.672. The van der Waals surface area contributed by atoms with E-state index in [1.807, 2.05) is 47.4 Å². The van der Waals surface area contributed by atoms with Crippen molar-refractivity contribution in [2.24, 2.45) is 0 Å². The van der Waals surface area contributed by atoms with Crippen LogP contribution in [0.25, 0.3) is 0 Å². The van der Waals surface area contributed by atoms with Gasteiger partial charge in [-0.3, -0.25) is 4.79 Å². The van der Waals surface area contributed by atoms with E-state index >= 15 is 0 Å². The third-order valence-electron chi connectivity index (χ3n) is 4.49. The molecule has 25 heavy (non-hydrogen) atoms. The van der Waals surface area contributed by atoms with Crippen LogP contribution in [0, 0.1) is 0 Å². The smallest absolute Gasteiger partial charge is 0.223 e. The molecule has 0 spiro atoms. The number of hydrogen-bond acceptors (Lipinski definition) is 2. The molecule has 3 nitrogen and oxygen atoms in total. The van der Waals surface area contributed by atoms with E-state index in [1.54, 1.807) is 0 Å². The Morgan fingerprint density at radius 3 is 2.36 bits per heavy atom. The number of nitrogens with two attached hydrogens (primary N) is 1. The van der Waals surface area contributed by atoms with Gasteiger partial charge in [0.2, 0.25) is 5.91 Å². The molecule has 2 aromatic carbocycles. The van der Waals surface area contributed by atoms with Crippen molar-refractivity contribution in [1.29, 1.82) is 0 Å². The lowest BCUT2D eigenvalue weighted by molar-refractivity contribution is -0.133. The van der Waals surface area contributed by atoms with E-state index in [1.165, 1.54) is 5.56 Å². The molecule has 0 bridgehead atoms. The summed E-state index contributed by atoms with van der Waals surface area (Å²) in [5.74, 6) is 0.197. The molecule has 0 aromatic heterocycles. The van der Waals surface area contributed by atoms with E-state index in [9.17, 15) is 4.79 Å². The highest BCUT2D eigenvalue weighted by Gasteiger charge is 2.20. The molecule has 0 radical (unpaired) electrons. The molecule has 0 aliphatic rings. The zero-order valence-electron chi connectivity index (χ0n) is 15.2. The minimum absolute atomic E-state index is 0. The van der Waals surface area contributed by atoms with Gasteiger partial charge in [0, 0.05) is 18.7 Å². The van der Waals surface area contributed by atoms with Crippen LogP contribution >= 0.6 is 12.4 Å². The number of rotatable bonds is 8. The number of para-hydroxylation sites is 1. The van der Waals surface area contributed by atoms with Crippen LogP contribution in [-0.2, 0) is 11.2 Å². The number of hydrogen-bond donors (Lipinski definition) is 1. The lowest BCUT2D eigenvalue weighted by Crippen LogP contribution is -2.34. The summed E-state index contributed by atoms with van der Waals surface area (Å²) in [7, 11) is 0. The maximum atomic E-state index is 12.8. The fourth-order valence-electron chi connectivity index (χ4n) is 2.92. The lowest BCUT2D eigenvalue weighted by Gasteiger charge is -2.30. The van der Waals surface area contributed by atoms with Gasteiger partial charge in [0.05, 0.1) is 6.04 Å². The third-order valence-corrected chi connectivity index (χ3v) is 4.49. The van der Waals surface area contributed by atoms with Gasteiger partial charge in [-0.05, 0) is 37.0 Å². The minimum atomic E-state index is 0. The molecule has 2 N–H and O–H groups in total. The van der Waals surface area contributed by atoms with Gasteiger partial charge in [0.25, 0.3) is 0 Å². The van der Waals surface area contributed by atoms with Crippen molar-refractivity contribution in [3.8, 4) is 0 Å². The second-order valence-corrected chi connectivity index (χ2v) is 6.23. The highest BCUT2D eigenvalue weighted by Crippen LogP contribution is 2.22. The van der Waals surface area contributed by atoms with Crippen LogP contribution in [0.4, 0.5) is 5.69 Å². The molecule has 136 valence electrons. The Labute approximate surface area is 157 Å². The van der Waals surface area contributed by atoms with Crippen molar-refractivity contribution >= 4 is 24.0 Å². The third kappa shape index (κ3) is 6.09. The zero-order chi connectivity index (χ0) is 17.4. The van der Waals surface area contributed by atoms with Gasteiger partial charge in [-0.1, -0.05) is 61.9 Å². The lowest BCUT2D eigenvalue weighted by atomic mass is 10.0. The van der Waals surface area contributed by atoms with Crippen LogP contribution < -0.4 is 5.73 Å². The summed E-state index contributed by atoms with van der Waals surface area (Å²) in [5.41, 5.74) is 8.99. The van der Waals surface area contributed by atoms with Gasteiger partial charge in [-0.15, -0.1) is 12.4 Å². The van der Waals surface area contributed by atoms with E-state index in [2.05, 4.69) is 26.0 Å². The zero-order valence-corrected chi connectivity index (χ0v) is 16.0. The fraction of sp³-hybridized carbons (Fsp3) is 0.381. The van der Waals surface area contributed by atoms with Crippen molar-refractivity contribution in [2.75, 3.05) is 12.3 Å². The van der Waals surface area contributed by atoms with Gasteiger partial charge < -0.3 is 10.6 Å². The molecule has 0 aliphatic carbocycles. The normalized spacial score (nSPS) is 11.4. The average molecular weight is 361 g/mol. The molecular formula is C21H29ClN2O. The first-order valence-corrected chi connectivity index (χ1v) is 8.81. The molecule has 0 aliphatic heterocycles. The van der Waals surface area contributed by atoms with Crippen LogP contribution in [0.3, 0.4) is 0 Å². The maximum Gasteiger partial charge on any atom is 0.223 e. The van der Waals surface area contributed by atoms with Crippen LogP contribution in [0.5, 0.6) is 0 Å². The summed E-state index contributed by atoms with van der Waals surface area (Å²) in [6.07, 6.45) is 3.29. The molecule has 0 saturated carbocycles. The summed E-state index contributed by atoms with van der Waals surface area (Å²) < 4.78 is 0. The number of carbonyl (C=O) groups excluding carboxylic acids is 1. The van der Waals surface area contributed by atoms with Crippen LogP contribution in [0.1, 0.15) is 50.3 Å². The Hall–Kier alpha value is -2.00. The second-order valence-electron chi connectivity index (χ2n) is 6.23. The van der Waals surface area contributed by atoms with Gasteiger partial charge in [0.1, 0.15) is 0 Å². The number of carbonyl (C=O) groups is 1. The van der Waals surface area contributed by atoms with Gasteiger partial charge in [0.15, 0.2) is 0 Å². The highest BCUT2D eigenvalue weighted by molar-refractivity contribution is 5.85. The Balaban J connectivity index is 0.00000312. The van der Waals surface area contributed by atoms with E-state index < -0.39 is 0 Å². The van der Waals surface area contributed by atoms with Crippen molar-refractivity contribution < 1.29 is 4.79 Å². The Morgan fingerprint density at radius 1 is 1.08 bits per heavy atom. The minimum Gasteiger partial charge on any atom is -0.399 e. The van der Waals surface area contributed by atoms with Crippen molar-refractivity contribution in [1.82, 2.24) is 4.90 Å². The van der Waals surface area contributed by atoms with E-state index in [-0.39, 0.29) is 24.4 Å². The predicted molar refractivity (Wildman–Crippen MR) is 108 cm³/mol. The van der Waals surface area contributed by atoms with Gasteiger partial charge in [-0.2, -0.15) is 0 Å². The molecule has 0 heterocycles. The molecule has 1 unspecified atom stereocenters. The highest BCUT2D eigenvalue weighted by atomic mass is 35.5. The van der Waals surface area contributed by atoms with E-state index in [4.69, 9.17) is 5.73 Å². The molecule has 0 fully saturated rings. The Bertz CT molecular complexity index is 645. The summed E-state index contributed by atoms with van der Waals surface area (Å²) in [6.45, 7) is 5.07. The maximum absolute atomic E-state index is 12.8. The monoisotopic (exact) mass is 360 g/mol. The van der Waals surface area contributed by atoms with Crippen LogP contribution in [-0.4, -0.2) is 17.4 Å². The Kier molecular flexibility index (Phi) is 9.07. The molecule has 2 rings (SSSR count). The second kappa shape index (κ2) is 10.8. The first-order valence-electron chi connectivity index (χ1n) is 8.81. The summed E-state index contributed by atoms with van der Waals surface area (Å²) in [4.78, 5) is 14.8. The van der Waals surface area contributed by atoms with E-state index in [0.717, 1.165) is 30.6 Å². The molecule has 1 amide bonds. The van der Waals surface area contributed by atoms with E-state index in [0.29, 0.717) is 12.8 Å². The number of nitrogens with zero attached hydrogens (tertiary/aromatic N) is 1. The van der Waals surface area contributed by atoms with Crippen LogP contribution in [0.2, 0.25) is 0 Å². The van der Waals surface area contributed by atoms with Gasteiger partial charge in [-0.25, -0.2) is 0 Å². The molecule has 1 atom stereocenters. The molecular weight excluding hydrogens is 332 g/mol. The van der Waals surface area contributed by atoms with Crippen molar-refractivity contribution in [3.63, 3.8) is 0 Å². The summed E-state index contributed by atoms with van der Waals surface area (Å²) in [6, 6.07) is 18.1. The number of nitrogen functional groups attached to an aromatic ring is 1. The average Bonchev–Trinajstić information content (AvgIpc) is 2.62. The fourth-order valence-corrected chi connectivity index (χ4v) is 2.92. The predicted octanol–water partition coefficient (Wildman–Crippen LogP) is 5.01. The largest absolute Gasteiger partial charge is 0.399 e. The SMILES string of the molecule is CCCCN(C(=O)CCc1ccccc1N)C(C)c1ccccc1.Cl. The molecule has 4 heteroatoms. The molecule has 0 saturated heterocycles. The first kappa shape index (κ1) is 21.0. The van der Waals surface area contributed by atoms with Crippen molar-refractivity contribution in [2.45, 2.75) is 45.6 Å². The van der Waals surface area contributed by atoms with Crippen LogP contribution in [0.15, 0.2) is 54.6 Å². The summed E-state index contributed by atoms with van der Waals surface area (Å²) in [5, 5.41) is 0. The van der Waals surface area contributed by atoms with Gasteiger partial charge >= 0.3 is 0 Å². The molecule has 2 aromatic rings. The number of benzene rings is 2.